The summed E-state index contributed by atoms with van der Waals surface area (Å²) in [4.78, 5) is 3.01. The van der Waals surface area contributed by atoms with Crippen LogP contribution in [-0.4, -0.2) is 13.6 Å². The molecular formula is C13H21N4+. The quantitative estimate of drug-likeness (QED) is 0.552. The summed E-state index contributed by atoms with van der Waals surface area (Å²) in [7, 11) is 1.99. The van der Waals surface area contributed by atoms with Crippen molar-refractivity contribution in [2.24, 2.45) is 5.11 Å². The van der Waals surface area contributed by atoms with Gasteiger partial charge in [-0.05, 0) is 43.5 Å². The number of rotatable bonds is 7. The molecule has 0 radical (unpaired) electrons. The Balaban J connectivity index is 2.66. The zero-order chi connectivity index (χ0) is 12.5. The average Bonchev–Trinajstić information content (AvgIpc) is 2.38. The van der Waals surface area contributed by atoms with Crippen molar-refractivity contribution in [1.82, 2.24) is 10.2 Å². The van der Waals surface area contributed by atoms with Crippen LogP contribution in [0.4, 0.5) is 0 Å². The molecule has 1 atom stereocenters. The van der Waals surface area contributed by atoms with E-state index in [-0.39, 0.29) is 0 Å². The fraction of sp³-hybridized carbons (Fsp3) is 0.538. The highest BCUT2D eigenvalue weighted by Gasteiger charge is 2.08. The van der Waals surface area contributed by atoms with Crippen molar-refractivity contribution in [2.45, 2.75) is 32.2 Å². The summed E-state index contributed by atoms with van der Waals surface area (Å²) in [5.41, 5.74) is 9.11. The third kappa shape index (κ3) is 4.47. The molecule has 0 fully saturated rings. The minimum Gasteiger partial charge on any atom is -0.320 e. The predicted octanol–water partition coefficient (Wildman–Crippen LogP) is 2.84. The van der Waals surface area contributed by atoms with Gasteiger partial charge < -0.3 is 5.32 Å². The van der Waals surface area contributed by atoms with Gasteiger partial charge in [0.15, 0.2) is 0 Å². The monoisotopic (exact) mass is 233 g/mol. The highest BCUT2D eigenvalue weighted by molar-refractivity contribution is 5.25. The normalized spacial score (nSPS) is 11.9. The molecule has 0 aliphatic carbocycles. The number of hydrogen-bond acceptors (Lipinski definition) is 3. The van der Waals surface area contributed by atoms with Gasteiger partial charge in [0, 0.05) is 0 Å². The number of benzene rings is 1. The van der Waals surface area contributed by atoms with Crippen LogP contribution in [0.2, 0.25) is 0 Å². The Morgan fingerprint density at radius 1 is 1.35 bits per heavy atom. The molecule has 4 heteroatoms. The third-order valence-electron chi connectivity index (χ3n) is 3.01. The second-order valence-corrected chi connectivity index (χ2v) is 4.14. The lowest BCUT2D eigenvalue weighted by atomic mass is 9.92. The van der Waals surface area contributed by atoms with E-state index in [1.54, 1.807) is 0 Å². The van der Waals surface area contributed by atoms with E-state index in [2.05, 4.69) is 46.5 Å². The first-order valence-corrected chi connectivity index (χ1v) is 6.08. The Hall–Kier alpha value is -1.51. The summed E-state index contributed by atoms with van der Waals surface area (Å²) in [5, 5.41) is 6.86. The molecule has 1 unspecified atom stereocenters. The van der Waals surface area contributed by atoms with Crippen LogP contribution in [0.1, 0.15) is 36.8 Å². The largest absolute Gasteiger partial charge is 0.320 e. The Bertz CT molecular complexity index is 366. The molecule has 1 aromatic carbocycles. The summed E-state index contributed by atoms with van der Waals surface area (Å²) in [5.74, 6) is 0.620. The molecule has 2 N–H and O–H groups in total. The van der Waals surface area contributed by atoms with E-state index in [0.717, 1.165) is 18.5 Å². The standard InChI is InChI=1S/C13H21N4/c1-3-12(8-9-15-2)13-6-4-11(5-7-13)10-16-17-14/h4-7,12,14-15H,3,8-10H2,1-2H3/q+1. The van der Waals surface area contributed by atoms with Gasteiger partial charge in [0.1, 0.15) is 17.2 Å². The second-order valence-electron chi connectivity index (χ2n) is 4.14. The molecule has 1 aromatic rings. The van der Waals surface area contributed by atoms with Crippen molar-refractivity contribution in [1.29, 1.82) is 5.53 Å². The molecule has 0 spiro atoms. The summed E-state index contributed by atoms with van der Waals surface area (Å²) in [6.07, 6.45) is 2.33. The number of hydrogen-bond donors (Lipinski definition) is 2. The van der Waals surface area contributed by atoms with Crippen molar-refractivity contribution in [3.8, 4) is 0 Å². The van der Waals surface area contributed by atoms with Crippen molar-refractivity contribution >= 4 is 0 Å². The van der Waals surface area contributed by atoms with E-state index in [0.29, 0.717) is 12.5 Å². The van der Waals surface area contributed by atoms with Crippen LogP contribution in [0.25, 0.3) is 0 Å². The van der Waals surface area contributed by atoms with Gasteiger partial charge in [0.25, 0.3) is 0 Å². The molecule has 0 amide bonds. The predicted molar refractivity (Wildman–Crippen MR) is 69.0 cm³/mol. The van der Waals surface area contributed by atoms with Gasteiger partial charge in [-0.15, -0.1) is 0 Å². The van der Waals surface area contributed by atoms with Crippen LogP contribution in [0.5, 0.6) is 0 Å². The van der Waals surface area contributed by atoms with Crippen molar-refractivity contribution in [2.75, 3.05) is 13.6 Å². The van der Waals surface area contributed by atoms with Gasteiger partial charge in [-0.1, -0.05) is 31.2 Å². The van der Waals surface area contributed by atoms with Gasteiger partial charge in [-0.3, -0.25) is 0 Å². The van der Waals surface area contributed by atoms with E-state index < -0.39 is 0 Å². The SMILES string of the molecule is CCC(CCNC)c1ccc(CN=[N+]=N)cc1. The molecule has 0 aliphatic rings. The highest BCUT2D eigenvalue weighted by atomic mass is 15.1. The Morgan fingerprint density at radius 2 is 2.06 bits per heavy atom. The molecule has 0 bridgehead atoms. The minimum atomic E-state index is 0.497. The van der Waals surface area contributed by atoms with Gasteiger partial charge in [-0.25, -0.2) is 0 Å². The lowest BCUT2D eigenvalue weighted by molar-refractivity contribution is 0.581. The van der Waals surface area contributed by atoms with Gasteiger partial charge in [0.05, 0.1) is 0 Å². The zero-order valence-corrected chi connectivity index (χ0v) is 10.6. The second kappa shape index (κ2) is 7.71. The van der Waals surface area contributed by atoms with Crippen molar-refractivity contribution < 1.29 is 0 Å². The molecule has 0 aliphatic heterocycles. The van der Waals surface area contributed by atoms with Crippen LogP contribution < -0.4 is 10.2 Å². The fourth-order valence-corrected chi connectivity index (χ4v) is 1.94. The van der Waals surface area contributed by atoms with Gasteiger partial charge in [0.2, 0.25) is 4.91 Å². The number of nitrogens with one attached hydrogen (secondary N) is 2. The molecule has 0 aromatic heterocycles. The van der Waals surface area contributed by atoms with Crippen molar-refractivity contribution in [3.05, 3.63) is 35.4 Å². The molecule has 17 heavy (non-hydrogen) atoms. The maximum Gasteiger partial charge on any atom is 0.214 e. The molecular weight excluding hydrogens is 212 g/mol. The highest BCUT2D eigenvalue weighted by Crippen LogP contribution is 2.23. The van der Waals surface area contributed by atoms with Gasteiger partial charge >= 0.3 is 0 Å². The molecule has 0 saturated carbocycles. The van der Waals surface area contributed by atoms with Crippen LogP contribution in [0.3, 0.4) is 0 Å². The topological polar surface area (TPSA) is 62.3 Å². The van der Waals surface area contributed by atoms with Crippen LogP contribution >= 0.6 is 0 Å². The minimum absolute atomic E-state index is 0.497. The lowest BCUT2D eigenvalue weighted by Gasteiger charge is -2.15. The fourth-order valence-electron chi connectivity index (χ4n) is 1.94. The lowest BCUT2D eigenvalue weighted by Crippen LogP contribution is -2.11. The average molecular weight is 233 g/mol. The summed E-state index contributed by atoms with van der Waals surface area (Å²) in [6.45, 7) is 3.77. The summed E-state index contributed by atoms with van der Waals surface area (Å²) < 4.78 is 0. The van der Waals surface area contributed by atoms with E-state index >= 15 is 0 Å². The maximum absolute atomic E-state index is 6.62. The van der Waals surface area contributed by atoms with E-state index in [4.69, 9.17) is 5.53 Å². The van der Waals surface area contributed by atoms with Gasteiger partial charge in [-0.2, -0.15) is 0 Å². The molecule has 0 saturated heterocycles. The third-order valence-corrected chi connectivity index (χ3v) is 3.01. The van der Waals surface area contributed by atoms with Crippen LogP contribution in [-0.2, 0) is 6.54 Å². The first kappa shape index (κ1) is 13.6. The molecule has 4 nitrogen and oxygen atoms in total. The van der Waals surface area contributed by atoms with Crippen molar-refractivity contribution in [3.63, 3.8) is 0 Å². The van der Waals surface area contributed by atoms with Crippen LogP contribution in [0.15, 0.2) is 29.4 Å². The summed E-state index contributed by atoms with van der Waals surface area (Å²) in [6, 6.07) is 8.48. The zero-order valence-electron chi connectivity index (χ0n) is 10.6. The Labute approximate surface area is 103 Å². The molecule has 0 heterocycles. The first-order chi connectivity index (χ1) is 8.31. The van der Waals surface area contributed by atoms with E-state index in [1.807, 2.05) is 7.05 Å². The van der Waals surface area contributed by atoms with E-state index in [9.17, 15) is 0 Å². The molecule has 1 rings (SSSR count). The smallest absolute Gasteiger partial charge is 0.214 e. The molecule has 92 valence electrons. The number of nitrogens with zero attached hydrogens (tertiary/aromatic N) is 2. The maximum atomic E-state index is 6.62. The first-order valence-electron chi connectivity index (χ1n) is 6.08. The van der Waals surface area contributed by atoms with E-state index in [1.165, 1.54) is 12.0 Å². The Morgan fingerprint density at radius 3 is 2.59 bits per heavy atom. The Kier molecular flexibility index (Phi) is 6.15. The summed E-state index contributed by atoms with van der Waals surface area (Å²) >= 11 is 0. The van der Waals surface area contributed by atoms with Crippen LogP contribution in [0, 0.1) is 5.53 Å².